The fourth-order valence-electron chi connectivity index (χ4n) is 2.15. The van der Waals surface area contributed by atoms with Gasteiger partial charge in [0.2, 0.25) is 6.79 Å². The quantitative estimate of drug-likeness (QED) is 0.736. The van der Waals surface area contributed by atoms with Gasteiger partial charge in [-0.15, -0.1) is 10.2 Å². The molecular weight excluding hydrogens is 312 g/mol. The Bertz CT molecular complexity index is 706. The van der Waals surface area contributed by atoms with Crippen molar-refractivity contribution in [3.8, 4) is 11.5 Å². The van der Waals surface area contributed by atoms with Crippen LogP contribution < -0.4 is 20.1 Å². The number of ether oxygens (including phenoxy) is 3. The Balaban J connectivity index is 1.53. The Morgan fingerprint density at radius 3 is 2.88 bits per heavy atom. The molecule has 0 unspecified atom stereocenters. The van der Waals surface area contributed by atoms with E-state index < -0.39 is 0 Å². The van der Waals surface area contributed by atoms with Gasteiger partial charge in [-0.05, 0) is 29.8 Å². The summed E-state index contributed by atoms with van der Waals surface area (Å²) in [4.78, 5) is 12.1. The van der Waals surface area contributed by atoms with Gasteiger partial charge in [0.25, 0.3) is 5.91 Å². The molecule has 2 aromatic rings. The van der Waals surface area contributed by atoms with Crippen LogP contribution in [0.25, 0.3) is 0 Å². The van der Waals surface area contributed by atoms with Crippen LogP contribution in [0.4, 0.5) is 5.82 Å². The maximum Gasteiger partial charge on any atom is 0.272 e. The minimum atomic E-state index is -0.288. The number of carbonyl (C=O) groups is 1. The third-order valence-corrected chi connectivity index (χ3v) is 3.40. The molecule has 2 heterocycles. The zero-order valence-electron chi connectivity index (χ0n) is 13.2. The lowest BCUT2D eigenvalue weighted by molar-refractivity contribution is 0.0945. The SMILES string of the molecule is COCCNc1ccc(C(=O)NCc2ccc3c(c2)OCO3)nn1. The highest BCUT2D eigenvalue weighted by Gasteiger charge is 2.14. The second-order valence-electron chi connectivity index (χ2n) is 5.09. The summed E-state index contributed by atoms with van der Waals surface area (Å²) in [6.45, 7) is 1.79. The van der Waals surface area contributed by atoms with Gasteiger partial charge in [-0.3, -0.25) is 4.79 Å². The Morgan fingerprint density at radius 1 is 1.21 bits per heavy atom. The molecular formula is C16H18N4O4. The molecule has 1 aliphatic heterocycles. The van der Waals surface area contributed by atoms with Gasteiger partial charge in [0, 0.05) is 20.2 Å². The molecule has 0 radical (unpaired) electrons. The van der Waals surface area contributed by atoms with Crippen molar-refractivity contribution in [3.63, 3.8) is 0 Å². The number of aromatic nitrogens is 2. The normalized spacial score (nSPS) is 12.0. The van der Waals surface area contributed by atoms with Crippen LogP contribution in [0.15, 0.2) is 30.3 Å². The number of anilines is 1. The van der Waals surface area contributed by atoms with Crippen molar-refractivity contribution in [1.82, 2.24) is 15.5 Å². The molecule has 1 aromatic carbocycles. The molecule has 8 heteroatoms. The molecule has 1 aliphatic rings. The third-order valence-electron chi connectivity index (χ3n) is 3.40. The highest BCUT2D eigenvalue weighted by atomic mass is 16.7. The van der Waals surface area contributed by atoms with E-state index in [1.54, 1.807) is 19.2 Å². The Hall–Kier alpha value is -2.87. The lowest BCUT2D eigenvalue weighted by Crippen LogP contribution is -2.24. The summed E-state index contributed by atoms with van der Waals surface area (Å²) in [6, 6.07) is 8.87. The van der Waals surface area contributed by atoms with Gasteiger partial charge in [0.05, 0.1) is 6.61 Å². The summed E-state index contributed by atoms with van der Waals surface area (Å²) < 4.78 is 15.5. The topological polar surface area (TPSA) is 94.6 Å². The first-order valence-electron chi connectivity index (χ1n) is 7.49. The lowest BCUT2D eigenvalue weighted by atomic mass is 10.2. The predicted octanol–water partition coefficient (Wildman–Crippen LogP) is 1.19. The number of hydrogen-bond acceptors (Lipinski definition) is 7. The van der Waals surface area contributed by atoms with Crippen molar-refractivity contribution in [2.24, 2.45) is 0 Å². The molecule has 2 N–H and O–H groups in total. The summed E-state index contributed by atoms with van der Waals surface area (Å²) in [5.74, 6) is 1.71. The Kier molecular flexibility index (Phi) is 5.07. The number of benzene rings is 1. The van der Waals surface area contributed by atoms with Crippen LogP contribution in [-0.2, 0) is 11.3 Å². The van der Waals surface area contributed by atoms with E-state index in [9.17, 15) is 4.79 Å². The minimum absolute atomic E-state index is 0.228. The van der Waals surface area contributed by atoms with Gasteiger partial charge in [0.1, 0.15) is 5.82 Å². The van der Waals surface area contributed by atoms with Gasteiger partial charge < -0.3 is 24.8 Å². The van der Waals surface area contributed by atoms with Crippen molar-refractivity contribution in [2.75, 3.05) is 32.4 Å². The van der Waals surface area contributed by atoms with E-state index >= 15 is 0 Å². The zero-order chi connectivity index (χ0) is 16.8. The summed E-state index contributed by atoms with van der Waals surface area (Å²) in [5, 5.41) is 13.7. The van der Waals surface area contributed by atoms with Crippen molar-refractivity contribution in [1.29, 1.82) is 0 Å². The van der Waals surface area contributed by atoms with E-state index in [0.29, 0.717) is 37.0 Å². The van der Waals surface area contributed by atoms with Crippen LogP contribution in [0.3, 0.4) is 0 Å². The Labute approximate surface area is 139 Å². The van der Waals surface area contributed by atoms with E-state index in [-0.39, 0.29) is 18.4 Å². The van der Waals surface area contributed by atoms with Gasteiger partial charge in [0.15, 0.2) is 17.2 Å². The molecule has 1 aromatic heterocycles. The third kappa shape index (κ3) is 3.90. The highest BCUT2D eigenvalue weighted by Crippen LogP contribution is 2.32. The molecule has 0 saturated heterocycles. The predicted molar refractivity (Wildman–Crippen MR) is 86.1 cm³/mol. The summed E-state index contributed by atoms with van der Waals surface area (Å²) >= 11 is 0. The monoisotopic (exact) mass is 330 g/mol. The average molecular weight is 330 g/mol. The first-order valence-corrected chi connectivity index (χ1v) is 7.49. The molecule has 126 valence electrons. The van der Waals surface area contributed by atoms with Crippen LogP contribution in [0.2, 0.25) is 0 Å². The van der Waals surface area contributed by atoms with Crippen LogP contribution in [0.1, 0.15) is 16.1 Å². The van der Waals surface area contributed by atoms with Crippen LogP contribution in [0, 0.1) is 0 Å². The number of nitrogens with one attached hydrogen (secondary N) is 2. The number of methoxy groups -OCH3 is 1. The van der Waals surface area contributed by atoms with E-state index in [1.807, 2.05) is 18.2 Å². The van der Waals surface area contributed by atoms with Crippen molar-refractivity contribution in [3.05, 3.63) is 41.6 Å². The van der Waals surface area contributed by atoms with Crippen LogP contribution in [-0.4, -0.2) is 43.2 Å². The maximum atomic E-state index is 12.1. The Morgan fingerprint density at radius 2 is 2.08 bits per heavy atom. The number of fused-ring (bicyclic) bond motifs is 1. The molecule has 8 nitrogen and oxygen atoms in total. The van der Waals surface area contributed by atoms with E-state index in [0.717, 1.165) is 5.56 Å². The number of rotatable bonds is 7. The van der Waals surface area contributed by atoms with Crippen molar-refractivity contribution < 1.29 is 19.0 Å². The number of hydrogen-bond donors (Lipinski definition) is 2. The van der Waals surface area contributed by atoms with Gasteiger partial charge >= 0.3 is 0 Å². The standard InChI is InChI=1S/C16H18N4O4/c1-22-7-6-17-15-5-3-12(19-20-15)16(21)18-9-11-2-4-13-14(8-11)24-10-23-13/h2-5,8H,6-7,9-10H2,1H3,(H,17,20)(H,18,21). The molecule has 3 rings (SSSR count). The smallest absolute Gasteiger partial charge is 0.272 e. The van der Waals surface area contributed by atoms with E-state index in [4.69, 9.17) is 14.2 Å². The first kappa shape index (κ1) is 16.0. The van der Waals surface area contributed by atoms with Crippen molar-refractivity contribution >= 4 is 11.7 Å². The van der Waals surface area contributed by atoms with E-state index in [2.05, 4.69) is 20.8 Å². The lowest BCUT2D eigenvalue weighted by Gasteiger charge is -2.07. The van der Waals surface area contributed by atoms with Gasteiger partial charge in [-0.25, -0.2) is 0 Å². The largest absolute Gasteiger partial charge is 0.454 e. The summed E-state index contributed by atoms with van der Waals surface area (Å²) in [6.07, 6.45) is 0. The van der Waals surface area contributed by atoms with Crippen LogP contribution in [0.5, 0.6) is 11.5 Å². The molecule has 24 heavy (non-hydrogen) atoms. The number of amides is 1. The number of carbonyl (C=O) groups excluding carboxylic acids is 1. The fraction of sp³-hybridized carbons (Fsp3) is 0.312. The van der Waals surface area contributed by atoms with Gasteiger partial charge in [-0.2, -0.15) is 0 Å². The molecule has 0 bridgehead atoms. The average Bonchev–Trinajstić information content (AvgIpc) is 3.08. The zero-order valence-corrected chi connectivity index (χ0v) is 13.2. The van der Waals surface area contributed by atoms with Crippen LogP contribution >= 0.6 is 0 Å². The molecule has 0 spiro atoms. The summed E-state index contributed by atoms with van der Waals surface area (Å²) in [5.41, 5.74) is 1.17. The molecule has 0 aliphatic carbocycles. The van der Waals surface area contributed by atoms with Crippen molar-refractivity contribution in [2.45, 2.75) is 6.54 Å². The second-order valence-corrected chi connectivity index (χ2v) is 5.09. The molecule has 0 saturated carbocycles. The summed E-state index contributed by atoms with van der Waals surface area (Å²) in [7, 11) is 1.63. The highest BCUT2D eigenvalue weighted by molar-refractivity contribution is 5.92. The second kappa shape index (κ2) is 7.60. The van der Waals surface area contributed by atoms with E-state index in [1.165, 1.54) is 0 Å². The fourth-order valence-corrected chi connectivity index (χ4v) is 2.15. The van der Waals surface area contributed by atoms with Gasteiger partial charge in [-0.1, -0.05) is 6.07 Å². The maximum absolute atomic E-state index is 12.1. The molecule has 0 fully saturated rings. The molecule has 0 atom stereocenters. The molecule has 1 amide bonds. The number of nitrogens with zero attached hydrogens (tertiary/aromatic N) is 2. The first-order chi connectivity index (χ1) is 11.8. The minimum Gasteiger partial charge on any atom is -0.454 e.